The predicted molar refractivity (Wildman–Crippen MR) is 154 cm³/mol. The highest BCUT2D eigenvalue weighted by atomic mass is 32.1. The minimum Gasteiger partial charge on any atom is -0.465 e. The van der Waals surface area contributed by atoms with E-state index in [1.807, 2.05) is 89.3 Å². The van der Waals surface area contributed by atoms with Gasteiger partial charge in [-0.25, -0.2) is 4.79 Å². The summed E-state index contributed by atoms with van der Waals surface area (Å²) < 4.78 is 6.95. The summed E-state index contributed by atoms with van der Waals surface area (Å²) in [6.07, 6.45) is 3.96. The molecule has 2 atom stereocenters. The van der Waals surface area contributed by atoms with Gasteiger partial charge in [-0.1, -0.05) is 30.3 Å². The molecule has 0 aliphatic carbocycles. The van der Waals surface area contributed by atoms with Crippen LogP contribution in [-0.4, -0.2) is 45.1 Å². The third-order valence-electron chi connectivity index (χ3n) is 6.83. The largest absolute Gasteiger partial charge is 0.465 e. The molecule has 9 heteroatoms. The Balaban J connectivity index is 1.46. The molecule has 1 saturated heterocycles. The molecule has 1 amide bonds. The maximum atomic E-state index is 12.9. The van der Waals surface area contributed by atoms with Crippen molar-refractivity contribution in [1.29, 1.82) is 0 Å². The number of thiocarbonyl (C=S) groups is 1. The lowest BCUT2D eigenvalue weighted by molar-refractivity contribution is -0.116. The van der Waals surface area contributed by atoms with Gasteiger partial charge in [0.1, 0.15) is 0 Å². The quantitative estimate of drug-likeness (QED) is 0.241. The second-order valence-corrected chi connectivity index (χ2v) is 9.66. The highest BCUT2D eigenvalue weighted by molar-refractivity contribution is 7.80. The number of carbonyl (C=O) groups excluding carboxylic acids is 2. The summed E-state index contributed by atoms with van der Waals surface area (Å²) in [5, 5.41) is 7.00. The number of esters is 1. The number of anilines is 1. The van der Waals surface area contributed by atoms with Crippen molar-refractivity contribution in [3.05, 3.63) is 114 Å². The van der Waals surface area contributed by atoms with Crippen molar-refractivity contribution in [1.82, 2.24) is 19.8 Å². The van der Waals surface area contributed by atoms with E-state index in [4.69, 9.17) is 17.0 Å². The molecule has 1 aliphatic rings. The summed E-state index contributed by atoms with van der Waals surface area (Å²) in [5.41, 5.74) is 4.86. The van der Waals surface area contributed by atoms with E-state index in [2.05, 4.69) is 15.6 Å². The van der Waals surface area contributed by atoms with Gasteiger partial charge in [-0.05, 0) is 73.2 Å². The summed E-state index contributed by atoms with van der Waals surface area (Å²) in [7, 11) is 1.37. The molecule has 5 rings (SSSR count). The lowest BCUT2D eigenvalue weighted by Gasteiger charge is -2.29. The molecule has 0 bridgehead atoms. The van der Waals surface area contributed by atoms with Crippen molar-refractivity contribution in [2.75, 3.05) is 19.0 Å². The van der Waals surface area contributed by atoms with E-state index >= 15 is 0 Å². The van der Waals surface area contributed by atoms with Crippen LogP contribution < -0.4 is 10.6 Å². The molecule has 2 aromatic heterocycles. The topological polar surface area (TPSA) is 88.5 Å². The number of para-hydroxylation sites is 1. The van der Waals surface area contributed by atoms with Gasteiger partial charge in [-0.15, -0.1) is 0 Å². The van der Waals surface area contributed by atoms with Crippen molar-refractivity contribution >= 4 is 34.9 Å². The van der Waals surface area contributed by atoms with E-state index in [-0.39, 0.29) is 24.4 Å². The lowest BCUT2D eigenvalue weighted by Crippen LogP contribution is -2.33. The first-order valence-corrected chi connectivity index (χ1v) is 13.1. The molecular weight excluding hydrogens is 510 g/mol. The zero-order valence-corrected chi connectivity index (χ0v) is 22.5. The number of ether oxygens (including phenoxy) is 1. The van der Waals surface area contributed by atoms with Crippen LogP contribution in [0.15, 0.2) is 91.3 Å². The minimum atomic E-state index is -0.401. The van der Waals surface area contributed by atoms with Gasteiger partial charge in [0.25, 0.3) is 0 Å². The molecular formula is C30H29N5O3S. The SMILES string of the molecule is COC(=O)c1cccc(-n2cccc2[C@H]2[C@H](c3ccccn3)NC(=S)N2CCC(=O)Nc2ccccc2C)c1. The lowest BCUT2D eigenvalue weighted by atomic mass is 10.0. The van der Waals surface area contributed by atoms with Gasteiger partial charge < -0.3 is 24.8 Å². The average Bonchev–Trinajstić information content (AvgIpc) is 3.57. The van der Waals surface area contributed by atoms with Crippen LogP contribution in [0.1, 0.15) is 45.8 Å². The first-order valence-electron chi connectivity index (χ1n) is 12.7. The number of nitrogens with zero attached hydrogens (tertiary/aromatic N) is 3. The van der Waals surface area contributed by atoms with Crippen LogP contribution >= 0.6 is 12.2 Å². The molecule has 0 unspecified atom stereocenters. The zero-order chi connectivity index (χ0) is 27.4. The first kappa shape index (κ1) is 26.1. The van der Waals surface area contributed by atoms with Crippen LogP contribution in [0.5, 0.6) is 0 Å². The number of rotatable bonds is 8. The van der Waals surface area contributed by atoms with Crippen LogP contribution in [0.3, 0.4) is 0 Å². The van der Waals surface area contributed by atoms with Gasteiger partial charge in [0, 0.05) is 42.4 Å². The smallest absolute Gasteiger partial charge is 0.337 e. The molecule has 8 nitrogen and oxygen atoms in total. The summed E-state index contributed by atoms with van der Waals surface area (Å²) in [5.74, 6) is -0.491. The van der Waals surface area contributed by atoms with Crippen LogP contribution in [-0.2, 0) is 9.53 Å². The fourth-order valence-electron chi connectivity index (χ4n) is 4.89. The molecule has 198 valence electrons. The van der Waals surface area contributed by atoms with E-state index in [1.165, 1.54) is 7.11 Å². The Morgan fingerprint density at radius 2 is 1.87 bits per heavy atom. The number of nitrogens with one attached hydrogen (secondary N) is 2. The molecule has 0 saturated carbocycles. The zero-order valence-electron chi connectivity index (χ0n) is 21.7. The van der Waals surface area contributed by atoms with E-state index < -0.39 is 5.97 Å². The van der Waals surface area contributed by atoms with E-state index in [9.17, 15) is 9.59 Å². The number of aryl methyl sites for hydroxylation is 1. The Bertz CT molecular complexity index is 1500. The maximum absolute atomic E-state index is 12.9. The standard InChI is InChI=1S/C30H29N5O3S/c1-20-9-3-4-12-23(20)32-26(36)15-18-35-28(27(33-30(35)39)24-13-5-6-16-31-24)25-14-8-17-34(25)22-11-7-10-21(19-22)29(37)38-2/h3-14,16-17,19,27-28H,15,18H2,1-2H3,(H,32,36)(H,33,39)/t27-,28-/m0/s1. The Morgan fingerprint density at radius 1 is 1.05 bits per heavy atom. The molecule has 0 radical (unpaired) electrons. The van der Waals surface area contributed by atoms with Crippen LogP contribution in [0.25, 0.3) is 5.69 Å². The van der Waals surface area contributed by atoms with Gasteiger partial charge >= 0.3 is 5.97 Å². The van der Waals surface area contributed by atoms with E-state index in [0.717, 1.165) is 28.3 Å². The predicted octanol–water partition coefficient (Wildman–Crippen LogP) is 4.97. The van der Waals surface area contributed by atoms with E-state index in [0.29, 0.717) is 17.2 Å². The van der Waals surface area contributed by atoms with Crippen molar-refractivity contribution in [2.24, 2.45) is 0 Å². The highest BCUT2D eigenvalue weighted by Crippen LogP contribution is 2.39. The third-order valence-corrected chi connectivity index (χ3v) is 7.18. The van der Waals surface area contributed by atoms with Gasteiger partial charge in [0.15, 0.2) is 5.11 Å². The Morgan fingerprint density at radius 3 is 2.64 bits per heavy atom. The number of pyridine rings is 1. The fourth-order valence-corrected chi connectivity index (χ4v) is 5.22. The van der Waals surface area contributed by atoms with Gasteiger partial charge in [-0.3, -0.25) is 9.78 Å². The van der Waals surface area contributed by atoms with E-state index in [1.54, 1.807) is 18.3 Å². The first-order chi connectivity index (χ1) is 19.0. The summed E-state index contributed by atoms with van der Waals surface area (Å²) in [6.45, 7) is 2.37. The minimum absolute atomic E-state index is 0.0895. The van der Waals surface area contributed by atoms with Crippen LogP contribution in [0.2, 0.25) is 0 Å². The van der Waals surface area contributed by atoms with Crippen molar-refractivity contribution in [2.45, 2.75) is 25.4 Å². The summed E-state index contributed by atoms with van der Waals surface area (Å²) in [6, 6.07) is 24.3. The molecule has 1 aliphatic heterocycles. The Hall–Kier alpha value is -4.50. The molecule has 0 spiro atoms. The Kier molecular flexibility index (Phi) is 7.69. The maximum Gasteiger partial charge on any atom is 0.337 e. The second-order valence-electron chi connectivity index (χ2n) is 9.28. The number of hydrogen-bond donors (Lipinski definition) is 2. The van der Waals surface area contributed by atoms with Crippen molar-refractivity contribution in [3.8, 4) is 5.69 Å². The third kappa shape index (κ3) is 5.53. The Labute approximate surface area is 232 Å². The number of amides is 1. The fraction of sp³-hybridized carbons (Fsp3) is 0.200. The van der Waals surface area contributed by atoms with Crippen LogP contribution in [0, 0.1) is 6.92 Å². The number of benzene rings is 2. The molecule has 3 heterocycles. The highest BCUT2D eigenvalue weighted by Gasteiger charge is 2.41. The van der Waals surface area contributed by atoms with Gasteiger partial charge in [0.2, 0.25) is 5.91 Å². The normalized spacial score (nSPS) is 16.6. The van der Waals surface area contributed by atoms with Crippen molar-refractivity contribution < 1.29 is 14.3 Å². The summed E-state index contributed by atoms with van der Waals surface area (Å²) >= 11 is 5.79. The molecule has 2 N–H and O–H groups in total. The summed E-state index contributed by atoms with van der Waals surface area (Å²) in [4.78, 5) is 31.8. The number of carbonyl (C=O) groups is 2. The second kappa shape index (κ2) is 11.5. The molecule has 1 fully saturated rings. The number of aromatic nitrogens is 2. The van der Waals surface area contributed by atoms with Crippen molar-refractivity contribution in [3.63, 3.8) is 0 Å². The molecule has 39 heavy (non-hydrogen) atoms. The molecule has 4 aromatic rings. The number of methoxy groups -OCH3 is 1. The van der Waals surface area contributed by atoms with Gasteiger partial charge in [-0.2, -0.15) is 0 Å². The average molecular weight is 540 g/mol. The van der Waals surface area contributed by atoms with Gasteiger partial charge in [0.05, 0.1) is 30.5 Å². The number of hydrogen-bond acceptors (Lipinski definition) is 5. The molecule has 2 aromatic carbocycles. The monoisotopic (exact) mass is 539 g/mol. The van der Waals surface area contributed by atoms with Crippen LogP contribution in [0.4, 0.5) is 5.69 Å².